The molecule has 1 saturated heterocycles. The lowest BCUT2D eigenvalue weighted by atomic mass is 9.49. The summed E-state index contributed by atoms with van der Waals surface area (Å²) >= 11 is 0. The zero-order valence-electron chi connectivity index (χ0n) is 15.9. The van der Waals surface area contributed by atoms with Crippen LogP contribution in [0.25, 0.3) is 0 Å². The van der Waals surface area contributed by atoms with Crippen molar-refractivity contribution in [2.24, 2.45) is 23.2 Å². The van der Waals surface area contributed by atoms with Gasteiger partial charge in [0.1, 0.15) is 5.82 Å². The molecule has 1 aliphatic heterocycles. The molecule has 1 amide bonds. The predicted molar refractivity (Wildman–Crippen MR) is 98.6 cm³/mol. The molecule has 0 aromatic carbocycles. The van der Waals surface area contributed by atoms with E-state index in [1.54, 1.807) is 4.90 Å². The number of carbonyl (C=O) groups excluding carboxylic acids is 1. The Morgan fingerprint density at radius 1 is 1.00 bits per heavy atom. The van der Waals surface area contributed by atoms with Crippen molar-refractivity contribution in [2.75, 3.05) is 31.1 Å². The van der Waals surface area contributed by atoms with Crippen LogP contribution in [0.4, 0.5) is 19.0 Å². The van der Waals surface area contributed by atoms with Crippen LogP contribution in [0.3, 0.4) is 0 Å². The summed E-state index contributed by atoms with van der Waals surface area (Å²) in [5.41, 5.74) is -0.880. The van der Waals surface area contributed by atoms with Gasteiger partial charge in [0.05, 0.1) is 11.0 Å². The molecule has 2 heterocycles. The van der Waals surface area contributed by atoms with Gasteiger partial charge in [0, 0.05) is 32.4 Å². The first-order chi connectivity index (χ1) is 13.3. The van der Waals surface area contributed by atoms with Crippen molar-refractivity contribution < 1.29 is 18.0 Å². The van der Waals surface area contributed by atoms with Crippen LogP contribution in [0.15, 0.2) is 18.3 Å². The second kappa shape index (κ2) is 6.36. The van der Waals surface area contributed by atoms with E-state index in [0.717, 1.165) is 25.3 Å². The second-order valence-corrected chi connectivity index (χ2v) is 9.35. The molecule has 6 rings (SSSR count). The lowest BCUT2D eigenvalue weighted by molar-refractivity contribution is -0.158. The molecule has 4 nitrogen and oxygen atoms in total. The summed E-state index contributed by atoms with van der Waals surface area (Å²) < 4.78 is 39.9. The highest BCUT2D eigenvalue weighted by Crippen LogP contribution is 2.60. The largest absolute Gasteiger partial charge is 0.419 e. The monoisotopic (exact) mass is 393 g/mol. The fraction of sp³-hybridized carbons (Fsp3) is 0.714. The molecule has 4 aliphatic carbocycles. The minimum atomic E-state index is -4.42. The number of pyridine rings is 1. The molecule has 5 aliphatic rings. The van der Waals surface area contributed by atoms with Gasteiger partial charge in [0.2, 0.25) is 5.91 Å². The Labute approximate surface area is 163 Å². The van der Waals surface area contributed by atoms with Gasteiger partial charge < -0.3 is 9.80 Å². The molecule has 1 aromatic heterocycles. The SMILES string of the molecule is O=C(N1CCN(c2ncccc2C(F)(F)F)CC1)C12CC3CC(CC(C3)C1)C2. The first-order valence-electron chi connectivity index (χ1n) is 10.4. The fourth-order valence-electron chi connectivity index (χ4n) is 6.70. The van der Waals surface area contributed by atoms with Crippen LogP contribution in [-0.4, -0.2) is 42.0 Å². The third kappa shape index (κ3) is 2.98. The summed E-state index contributed by atoms with van der Waals surface area (Å²) in [6.07, 6.45) is 3.93. The molecule has 0 unspecified atom stereocenters. The number of rotatable bonds is 2. The summed E-state index contributed by atoms with van der Waals surface area (Å²) in [6, 6.07) is 2.40. The third-order valence-electron chi connectivity index (χ3n) is 7.45. The van der Waals surface area contributed by atoms with Crippen LogP contribution in [-0.2, 0) is 11.0 Å². The molecular weight excluding hydrogens is 367 g/mol. The maximum atomic E-state index is 13.4. The molecule has 0 spiro atoms. The molecule has 4 bridgehead atoms. The molecule has 4 saturated carbocycles. The zero-order valence-corrected chi connectivity index (χ0v) is 15.9. The van der Waals surface area contributed by atoms with Crippen molar-refractivity contribution in [3.63, 3.8) is 0 Å². The number of nitrogens with zero attached hydrogens (tertiary/aromatic N) is 3. The van der Waals surface area contributed by atoms with Crippen LogP contribution in [0.2, 0.25) is 0 Å². The summed E-state index contributed by atoms with van der Waals surface area (Å²) in [6.45, 7) is 1.76. The number of amides is 1. The van der Waals surface area contributed by atoms with E-state index in [2.05, 4.69) is 4.98 Å². The Morgan fingerprint density at radius 3 is 2.11 bits per heavy atom. The standard InChI is InChI=1S/C21H26F3N3O/c22-21(23,24)17-2-1-3-25-18(17)26-4-6-27(7-5-26)19(28)20-11-14-8-15(12-20)10-16(9-14)13-20/h1-3,14-16H,4-13H2. The Balaban J connectivity index is 1.29. The van der Waals surface area contributed by atoms with Crippen molar-refractivity contribution in [1.82, 2.24) is 9.88 Å². The number of aromatic nitrogens is 1. The Hall–Kier alpha value is -1.79. The molecule has 152 valence electrons. The predicted octanol–water partition coefficient (Wildman–Crippen LogP) is 3.97. The summed E-state index contributed by atoms with van der Waals surface area (Å²) in [5, 5.41) is 0. The Bertz CT molecular complexity index is 735. The normalized spacial score (nSPS) is 34.8. The average Bonchev–Trinajstić information content (AvgIpc) is 2.66. The van der Waals surface area contributed by atoms with E-state index in [1.165, 1.54) is 31.5 Å². The maximum Gasteiger partial charge on any atom is 0.419 e. The molecule has 28 heavy (non-hydrogen) atoms. The highest BCUT2D eigenvalue weighted by atomic mass is 19.4. The third-order valence-corrected chi connectivity index (χ3v) is 7.45. The number of anilines is 1. The van der Waals surface area contributed by atoms with E-state index in [9.17, 15) is 18.0 Å². The molecule has 5 fully saturated rings. The van der Waals surface area contributed by atoms with E-state index in [1.807, 2.05) is 4.90 Å². The van der Waals surface area contributed by atoms with Gasteiger partial charge in [-0.25, -0.2) is 4.98 Å². The van der Waals surface area contributed by atoms with E-state index in [-0.39, 0.29) is 17.1 Å². The van der Waals surface area contributed by atoms with Gasteiger partial charge in [0.25, 0.3) is 0 Å². The number of halogens is 3. The number of alkyl halides is 3. The number of hydrogen-bond donors (Lipinski definition) is 0. The molecule has 0 N–H and O–H groups in total. The summed E-state index contributed by atoms with van der Waals surface area (Å²) in [7, 11) is 0. The van der Waals surface area contributed by atoms with Crippen LogP contribution < -0.4 is 4.90 Å². The van der Waals surface area contributed by atoms with Crippen molar-refractivity contribution in [1.29, 1.82) is 0 Å². The maximum absolute atomic E-state index is 13.4. The number of hydrogen-bond acceptors (Lipinski definition) is 3. The zero-order chi connectivity index (χ0) is 19.5. The molecule has 0 atom stereocenters. The van der Waals surface area contributed by atoms with Gasteiger partial charge in [-0.1, -0.05) is 0 Å². The Kier molecular flexibility index (Phi) is 4.14. The summed E-state index contributed by atoms with van der Waals surface area (Å²) in [4.78, 5) is 21.0. The second-order valence-electron chi connectivity index (χ2n) is 9.35. The minimum Gasteiger partial charge on any atom is -0.353 e. The van der Waals surface area contributed by atoms with E-state index in [0.29, 0.717) is 43.9 Å². The smallest absolute Gasteiger partial charge is 0.353 e. The fourth-order valence-corrected chi connectivity index (χ4v) is 6.70. The highest BCUT2D eigenvalue weighted by Gasteiger charge is 2.55. The molecule has 1 aromatic rings. The van der Waals surface area contributed by atoms with Crippen molar-refractivity contribution in [2.45, 2.75) is 44.7 Å². The topological polar surface area (TPSA) is 36.4 Å². The van der Waals surface area contributed by atoms with Crippen LogP contribution in [0.5, 0.6) is 0 Å². The van der Waals surface area contributed by atoms with Crippen molar-refractivity contribution >= 4 is 11.7 Å². The quantitative estimate of drug-likeness (QED) is 0.763. The molecular formula is C21H26F3N3O. The van der Waals surface area contributed by atoms with Crippen molar-refractivity contribution in [3.8, 4) is 0 Å². The lowest BCUT2D eigenvalue weighted by Gasteiger charge is -2.57. The lowest BCUT2D eigenvalue weighted by Crippen LogP contribution is -2.58. The van der Waals surface area contributed by atoms with E-state index < -0.39 is 11.7 Å². The van der Waals surface area contributed by atoms with Gasteiger partial charge in [-0.2, -0.15) is 13.2 Å². The molecule has 7 heteroatoms. The molecule has 0 radical (unpaired) electrons. The summed E-state index contributed by atoms with van der Waals surface area (Å²) in [5.74, 6) is 2.37. The van der Waals surface area contributed by atoms with Gasteiger partial charge in [0.15, 0.2) is 0 Å². The Morgan fingerprint density at radius 2 is 1.57 bits per heavy atom. The van der Waals surface area contributed by atoms with E-state index >= 15 is 0 Å². The number of carbonyl (C=O) groups is 1. The first kappa shape index (κ1) is 18.3. The van der Waals surface area contributed by atoms with E-state index in [4.69, 9.17) is 0 Å². The van der Waals surface area contributed by atoms with Gasteiger partial charge in [-0.3, -0.25) is 4.79 Å². The van der Waals surface area contributed by atoms with Crippen LogP contribution >= 0.6 is 0 Å². The highest BCUT2D eigenvalue weighted by molar-refractivity contribution is 5.83. The van der Waals surface area contributed by atoms with Crippen LogP contribution in [0, 0.1) is 23.2 Å². The van der Waals surface area contributed by atoms with Crippen LogP contribution in [0.1, 0.15) is 44.1 Å². The van der Waals surface area contributed by atoms with Gasteiger partial charge in [-0.15, -0.1) is 0 Å². The van der Waals surface area contributed by atoms with Gasteiger partial charge in [-0.05, 0) is 68.4 Å². The number of piperazine rings is 1. The average molecular weight is 393 g/mol. The first-order valence-corrected chi connectivity index (χ1v) is 10.4. The van der Waals surface area contributed by atoms with Gasteiger partial charge >= 0.3 is 6.18 Å². The van der Waals surface area contributed by atoms with Crippen molar-refractivity contribution in [3.05, 3.63) is 23.9 Å². The minimum absolute atomic E-state index is 0.0168.